The normalized spacial score (nSPS) is 14.2. The summed E-state index contributed by atoms with van der Waals surface area (Å²) in [5, 5.41) is 17.8. The molecule has 0 spiro atoms. The number of hydrogen-bond acceptors (Lipinski definition) is 4. The van der Waals surface area contributed by atoms with Gasteiger partial charge in [-0.2, -0.15) is 5.26 Å². The molecule has 0 saturated heterocycles. The first kappa shape index (κ1) is 16.1. The van der Waals surface area contributed by atoms with Gasteiger partial charge in [0.1, 0.15) is 0 Å². The van der Waals surface area contributed by atoms with Crippen LogP contribution in [0.4, 0.5) is 0 Å². The Kier molecular flexibility index (Phi) is 4.87. The van der Waals surface area contributed by atoms with Gasteiger partial charge in [-0.3, -0.25) is 4.79 Å². The summed E-state index contributed by atoms with van der Waals surface area (Å²) >= 11 is 0. The molecule has 1 rings (SSSR count). The predicted molar refractivity (Wildman–Crippen MR) is 72.4 cm³/mol. The summed E-state index contributed by atoms with van der Waals surface area (Å²) in [4.78, 5) is 11.1. The Labute approximate surface area is 118 Å². The van der Waals surface area contributed by atoms with E-state index in [-0.39, 0.29) is 11.4 Å². The van der Waals surface area contributed by atoms with Crippen LogP contribution in [-0.2, 0) is 14.8 Å². The quantitative estimate of drug-likeness (QED) is 0.823. The largest absolute Gasteiger partial charge is 0.481 e. The highest BCUT2D eigenvalue weighted by molar-refractivity contribution is 7.89. The van der Waals surface area contributed by atoms with Crippen LogP contribution >= 0.6 is 0 Å². The van der Waals surface area contributed by atoms with Crippen molar-refractivity contribution in [3.63, 3.8) is 0 Å². The van der Waals surface area contributed by atoms with Crippen LogP contribution in [0, 0.1) is 16.7 Å². The third kappa shape index (κ3) is 3.56. The lowest BCUT2D eigenvalue weighted by atomic mass is 9.88. The Morgan fingerprint density at radius 2 is 1.95 bits per heavy atom. The number of carbonyl (C=O) groups is 1. The van der Waals surface area contributed by atoms with E-state index in [1.165, 1.54) is 31.2 Å². The second-order valence-electron chi connectivity index (χ2n) is 4.68. The van der Waals surface area contributed by atoms with E-state index >= 15 is 0 Å². The number of carboxylic acid groups (broad SMARTS) is 1. The van der Waals surface area contributed by atoms with Crippen LogP contribution in [-0.4, -0.2) is 26.0 Å². The zero-order valence-corrected chi connectivity index (χ0v) is 12.1. The van der Waals surface area contributed by atoms with E-state index in [0.717, 1.165) is 0 Å². The summed E-state index contributed by atoms with van der Waals surface area (Å²) in [6.07, 6.45) is 0.304. The molecule has 1 aromatic rings. The highest BCUT2D eigenvalue weighted by Gasteiger charge is 2.32. The molecule has 0 bridgehead atoms. The third-order valence-corrected chi connectivity index (χ3v) is 4.66. The SMILES string of the molecule is CCC(C)(CNS(=O)(=O)c1ccc(C#N)cc1)C(=O)O. The second kappa shape index (κ2) is 6.03. The van der Waals surface area contributed by atoms with Crippen LogP contribution in [0.5, 0.6) is 0 Å². The van der Waals surface area contributed by atoms with Crippen molar-refractivity contribution in [2.45, 2.75) is 25.2 Å². The number of hydrogen-bond donors (Lipinski definition) is 2. The van der Waals surface area contributed by atoms with E-state index < -0.39 is 21.4 Å². The Hall–Kier alpha value is -1.91. The molecule has 108 valence electrons. The van der Waals surface area contributed by atoms with Gasteiger partial charge in [0.15, 0.2) is 0 Å². The number of benzene rings is 1. The molecular formula is C13H16N2O4S. The van der Waals surface area contributed by atoms with Crippen LogP contribution in [0.3, 0.4) is 0 Å². The molecule has 0 radical (unpaired) electrons. The van der Waals surface area contributed by atoms with Crippen LogP contribution < -0.4 is 4.72 Å². The van der Waals surface area contributed by atoms with E-state index in [2.05, 4.69) is 4.72 Å². The molecular weight excluding hydrogens is 280 g/mol. The van der Waals surface area contributed by atoms with Crippen molar-refractivity contribution >= 4 is 16.0 Å². The Morgan fingerprint density at radius 3 is 2.35 bits per heavy atom. The highest BCUT2D eigenvalue weighted by atomic mass is 32.2. The van der Waals surface area contributed by atoms with Crippen LogP contribution in [0.1, 0.15) is 25.8 Å². The van der Waals surface area contributed by atoms with Gasteiger partial charge in [0.2, 0.25) is 10.0 Å². The third-order valence-electron chi connectivity index (χ3n) is 3.24. The fraction of sp³-hybridized carbons (Fsp3) is 0.385. The summed E-state index contributed by atoms with van der Waals surface area (Å²) in [7, 11) is -3.78. The molecule has 1 aromatic carbocycles. The average Bonchev–Trinajstić information content (AvgIpc) is 2.44. The van der Waals surface area contributed by atoms with Gasteiger partial charge in [0.05, 0.1) is 21.9 Å². The molecule has 0 aliphatic carbocycles. The molecule has 20 heavy (non-hydrogen) atoms. The summed E-state index contributed by atoms with van der Waals surface area (Å²) in [5.41, 5.74) is -0.799. The second-order valence-corrected chi connectivity index (χ2v) is 6.45. The van der Waals surface area contributed by atoms with E-state index in [4.69, 9.17) is 10.4 Å². The fourth-order valence-electron chi connectivity index (χ4n) is 1.40. The molecule has 0 fully saturated rings. The average molecular weight is 296 g/mol. The zero-order valence-electron chi connectivity index (χ0n) is 11.3. The molecule has 0 amide bonds. The Morgan fingerprint density at radius 1 is 1.40 bits per heavy atom. The highest BCUT2D eigenvalue weighted by Crippen LogP contribution is 2.21. The molecule has 0 heterocycles. The van der Waals surface area contributed by atoms with E-state index in [1.54, 1.807) is 6.92 Å². The first-order valence-corrected chi connectivity index (χ1v) is 7.47. The van der Waals surface area contributed by atoms with Crippen molar-refractivity contribution in [3.8, 4) is 6.07 Å². The van der Waals surface area contributed by atoms with Crippen molar-refractivity contribution in [2.75, 3.05) is 6.54 Å². The summed E-state index contributed by atoms with van der Waals surface area (Å²) < 4.78 is 26.4. The van der Waals surface area contributed by atoms with Gasteiger partial charge in [-0.05, 0) is 37.6 Å². The lowest BCUT2D eigenvalue weighted by molar-refractivity contribution is -0.147. The Bertz CT molecular complexity index is 631. The minimum Gasteiger partial charge on any atom is -0.481 e. The van der Waals surface area contributed by atoms with Gasteiger partial charge in [0.25, 0.3) is 0 Å². The number of aliphatic carboxylic acids is 1. The molecule has 0 aliphatic heterocycles. The standard InChI is InChI=1S/C13H16N2O4S/c1-3-13(2,12(16)17)9-15-20(18,19)11-6-4-10(8-14)5-7-11/h4-7,15H,3,9H2,1-2H3,(H,16,17). The number of sulfonamides is 1. The summed E-state index contributed by atoms with van der Waals surface area (Å²) in [6.45, 7) is 2.97. The molecule has 1 unspecified atom stereocenters. The molecule has 6 nitrogen and oxygen atoms in total. The van der Waals surface area contributed by atoms with Crippen molar-refractivity contribution in [1.82, 2.24) is 4.72 Å². The number of nitrogens with one attached hydrogen (secondary N) is 1. The summed E-state index contributed by atoms with van der Waals surface area (Å²) in [5.74, 6) is -1.05. The van der Waals surface area contributed by atoms with Gasteiger partial charge in [-0.25, -0.2) is 13.1 Å². The van der Waals surface area contributed by atoms with Crippen LogP contribution in [0.2, 0.25) is 0 Å². The predicted octanol–water partition coefficient (Wildman–Crippen LogP) is 1.34. The van der Waals surface area contributed by atoms with E-state index in [9.17, 15) is 13.2 Å². The zero-order chi connectivity index (χ0) is 15.4. The smallest absolute Gasteiger partial charge is 0.310 e. The van der Waals surface area contributed by atoms with Gasteiger partial charge in [0, 0.05) is 6.54 Å². The van der Waals surface area contributed by atoms with Gasteiger partial charge in [-0.1, -0.05) is 6.92 Å². The Balaban J connectivity index is 2.90. The maximum atomic E-state index is 12.0. The molecule has 7 heteroatoms. The van der Waals surface area contributed by atoms with E-state index in [1.807, 2.05) is 6.07 Å². The lowest BCUT2D eigenvalue weighted by Crippen LogP contribution is -2.40. The minimum atomic E-state index is -3.78. The molecule has 1 atom stereocenters. The van der Waals surface area contributed by atoms with Gasteiger partial charge < -0.3 is 5.11 Å². The minimum absolute atomic E-state index is 0.000317. The van der Waals surface area contributed by atoms with Crippen molar-refractivity contribution < 1.29 is 18.3 Å². The number of carboxylic acids is 1. The lowest BCUT2D eigenvalue weighted by Gasteiger charge is -2.23. The molecule has 0 aromatic heterocycles. The van der Waals surface area contributed by atoms with Crippen LogP contribution in [0.25, 0.3) is 0 Å². The van der Waals surface area contributed by atoms with Gasteiger partial charge in [-0.15, -0.1) is 0 Å². The molecule has 2 N–H and O–H groups in total. The summed E-state index contributed by atoms with van der Waals surface area (Å²) in [6, 6.07) is 7.30. The number of rotatable bonds is 6. The maximum Gasteiger partial charge on any atom is 0.310 e. The number of nitriles is 1. The van der Waals surface area contributed by atoms with Crippen molar-refractivity contribution in [1.29, 1.82) is 5.26 Å². The number of nitrogens with zero attached hydrogens (tertiary/aromatic N) is 1. The van der Waals surface area contributed by atoms with Crippen molar-refractivity contribution in [2.24, 2.45) is 5.41 Å². The first-order chi connectivity index (χ1) is 9.25. The maximum absolute atomic E-state index is 12.0. The molecule has 0 saturated carbocycles. The fourth-order valence-corrected chi connectivity index (χ4v) is 2.57. The van der Waals surface area contributed by atoms with Gasteiger partial charge >= 0.3 is 5.97 Å². The van der Waals surface area contributed by atoms with E-state index in [0.29, 0.717) is 12.0 Å². The monoisotopic (exact) mass is 296 g/mol. The topological polar surface area (TPSA) is 107 Å². The van der Waals surface area contributed by atoms with Crippen molar-refractivity contribution in [3.05, 3.63) is 29.8 Å². The molecule has 0 aliphatic rings. The first-order valence-electron chi connectivity index (χ1n) is 5.98. The van der Waals surface area contributed by atoms with Crippen LogP contribution in [0.15, 0.2) is 29.2 Å².